The Balaban J connectivity index is 2.80. The number of hydrogen-bond donors (Lipinski definition) is 1. The number of likely N-dealkylation sites (N-methyl/N-ethyl adjacent to an activating group) is 1. The van der Waals surface area contributed by atoms with Gasteiger partial charge in [-0.1, -0.05) is 0 Å². The van der Waals surface area contributed by atoms with Crippen LogP contribution in [0.5, 0.6) is 0 Å². The Labute approximate surface area is 113 Å². The largest absolute Gasteiger partial charge is 0.416 e. The molecule has 0 aromatic heterocycles. The van der Waals surface area contributed by atoms with Crippen molar-refractivity contribution in [2.75, 3.05) is 26.0 Å². The Hall–Kier alpha value is -0.750. The zero-order chi connectivity index (χ0) is 13.9. The second-order valence-corrected chi connectivity index (χ2v) is 5.35. The van der Waals surface area contributed by atoms with E-state index in [0.717, 1.165) is 18.7 Å². The molecule has 0 aliphatic heterocycles. The molecule has 0 radical (unpaired) electrons. The zero-order valence-corrected chi connectivity index (χ0v) is 12.1. The lowest BCUT2D eigenvalue weighted by atomic mass is 10.2. The number of halogens is 4. The Morgan fingerprint density at radius 3 is 2.39 bits per heavy atom. The summed E-state index contributed by atoms with van der Waals surface area (Å²) in [4.78, 5) is 2.01. The first-order chi connectivity index (χ1) is 8.20. The van der Waals surface area contributed by atoms with Crippen molar-refractivity contribution in [1.29, 1.82) is 0 Å². The van der Waals surface area contributed by atoms with E-state index in [1.165, 1.54) is 6.07 Å². The minimum Gasteiger partial charge on any atom is -0.380 e. The number of nitrogens with one attached hydrogen (secondary N) is 1. The standard InChI is InChI=1S/C12H16BrF3N2/c1-8(7-18(2)3)17-11-5-4-9(6-10(11)13)12(14,15)16/h4-6,8,17H,7H2,1-3H3. The van der Waals surface area contributed by atoms with E-state index < -0.39 is 11.7 Å². The number of nitrogens with zero attached hydrogens (tertiary/aromatic N) is 1. The molecule has 0 saturated heterocycles. The summed E-state index contributed by atoms with van der Waals surface area (Å²) in [7, 11) is 3.89. The molecule has 0 heterocycles. The predicted molar refractivity (Wildman–Crippen MR) is 70.8 cm³/mol. The fourth-order valence-electron chi connectivity index (χ4n) is 1.67. The van der Waals surface area contributed by atoms with E-state index in [0.29, 0.717) is 10.2 Å². The monoisotopic (exact) mass is 324 g/mol. The van der Waals surface area contributed by atoms with Crippen LogP contribution in [0.2, 0.25) is 0 Å². The smallest absolute Gasteiger partial charge is 0.380 e. The molecule has 0 aliphatic carbocycles. The third-order valence-electron chi connectivity index (χ3n) is 2.34. The van der Waals surface area contributed by atoms with E-state index in [1.54, 1.807) is 0 Å². The first kappa shape index (κ1) is 15.3. The van der Waals surface area contributed by atoms with E-state index in [-0.39, 0.29) is 6.04 Å². The van der Waals surface area contributed by atoms with E-state index in [9.17, 15) is 13.2 Å². The number of benzene rings is 1. The fourth-order valence-corrected chi connectivity index (χ4v) is 2.16. The maximum atomic E-state index is 12.5. The molecule has 0 bridgehead atoms. The van der Waals surface area contributed by atoms with Gasteiger partial charge in [-0.3, -0.25) is 0 Å². The first-order valence-electron chi connectivity index (χ1n) is 5.48. The summed E-state index contributed by atoms with van der Waals surface area (Å²) in [6.07, 6.45) is -4.31. The second-order valence-electron chi connectivity index (χ2n) is 4.50. The van der Waals surface area contributed by atoms with Gasteiger partial charge in [0.05, 0.1) is 5.56 Å². The molecule has 18 heavy (non-hydrogen) atoms. The summed E-state index contributed by atoms with van der Waals surface area (Å²) in [6.45, 7) is 2.78. The van der Waals surface area contributed by atoms with Gasteiger partial charge in [-0.25, -0.2) is 0 Å². The van der Waals surface area contributed by atoms with Crippen molar-refractivity contribution in [2.24, 2.45) is 0 Å². The number of hydrogen-bond acceptors (Lipinski definition) is 2. The molecule has 1 N–H and O–H groups in total. The molecular formula is C12H16BrF3N2. The molecule has 2 nitrogen and oxygen atoms in total. The van der Waals surface area contributed by atoms with Gasteiger partial charge in [-0.05, 0) is 55.1 Å². The van der Waals surface area contributed by atoms with Gasteiger partial charge in [0.2, 0.25) is 0 Å². The fraction of sp³-hybridized carbons (Fsp3) is 0.500. The third kappa shape index (κ3) is 4.49. The van der Waals surface area contributed by atoms with Crippen LogP contribution in [-0.2, 0) is 6.18 Å². The summed E-state index contributed by atoms with van der Waals surface area (Å²) >= 11 is 3.16. The van der Waals surface area contributed by atoms with E-state index in [2.05, 4.69) is 21.2 Å². The van der Waals surface area contributed by atoms with Crippen LogP contribution in [0, 0.1) is 0 Å². The Morgan fingerprint density at radius 1 is 1.33 bits per heavy atom. The van der Waals surface area contributed by atoms with Gasteiger partial charge in [0.15, 0.2) is 0 Å². The Kier molecular flexibility index (Phi) is 5.04. The molecule has 1 atom stereocenters. The zero-order valence-electron chi connectivity index (χ0n) is 10.5. The molecule has 1 unspecified atom stereocenters. The normalized spacial score (nSPS) is 13.8. The van der Waals surface area contributed by atoms with Crippen molar-refractivity contribution in [3.63, 3.8) is 0 Å². The van der Waals surface area contributed by atoms with Gasteiger partial charge in [0.25, 0.3) is 0 Å². The molecule has 1 aromatic carbocycles. The Morgan fingerprint density at radius 2 is 1.94 bits per heavy atom. The predicted octanol–water partition coefficient (Wildman–Crippen LogP) is 3.83. The first-order valence-corrected chi connectivity index (χ1v) is 6.27. The SMILES string of the molecule is CC(CN(C)C)Nc1ccc(C(F)(F)F)cc1Br. The van der Waals surface area contributed by atoms with Gasteiger partial charge in [-0.2, -0.15) is 13.2 Å². The molecule has 0 saturated carbocycles. The van der Waals surface area contributed by atoms with Crippen LogP contribution in [0.4, 0.5) is 18.9 Å². The van der Waals surface area contributed by atoms with Gasteiger partial charge in [0.1, 0.15) is 0 Å². The highest BCUT2D eigenvalue weighted by molar-refractivity contribution is 9.10. The Bertz CT molecular complexity index is 405. The minimum atomic E-state index is -4.31. The average molecular weight is 325 g/mol. The van der Waals surface area contributed by atoms with Crippen molar-refractivity contribution in [2.45, 2.75) is 19.1 Å². The van der Waals surface area contributed by atoms with Crippen LogP contribution in [0.15, 0.2) is 22.7 Å². The van der Waals surface area contributed by atoms with E-state index in [1.807, 2.05) is 25.9 Å². The van der Waals surface area contributed by atoms with Crippen LogP contribution in [-0.4, -0.2) is 31.6 Å². The number of anilines is 1. The highest BCUT2D eigenvalue weighted by Crippen LogP contribution is 2.34. The molecule has 0 aliphatic rings. The van der Waals surface area contributed by atoms with Crippen LogP contribution in [0.25, 0.3) is 0 Å². The van der Waals surface area contributed by atoms with Crippen LogP contribution < -0.4 is 5.32 Å². The third-order valence-corrected chi connectivity index (χ3v) is 2.99. The van der Waals surface area contributed by atoms with Crippen molar-refractivity contribution in [3.8, 4) is 0 Å². The second kappa shape index (κ2) is 5.93. The quantitative estimate of drug-likeness (QED) is 0.905. The highest BCUT2D eigenvalue weighted by Gasteiger charge is 2.30. The van der Waals surface area contributed by atoms with Gasteiger partial charge in [0, 0.05) is 22.7 Å². The van der Waals surface area contributed by atoms with Gasteiger partial charge >= 0.3 is 6.18 Å². The number of alkyl halides is 3. The van der Waals surface area contributed by atoms with Crippen molar-refractivity contribution < 1.29 is 13.2 Å². The molecule has 0 fully saturated rings. The minimum absolute atomic E-state index is 0.146. The summed E-state index contributed by atoms with van der Waals surface area (Å²) < 4.78 is 37.9. The van der Waals surface area contributed by atoms with Crippen molar-refractivity contribution >= 4 is 21.6 Å². The van der Waals surface area contributed by atoms with E-state index >= 15 is 0 Å². The molecule has 0 amide bonds. The molecule has 102 valence electrons. The number of rotatable bonds is 4. The lowest BCUT2D eigenvalue weighted by molar-refractivity contribution is -0.137. The summed E-state index contributed by atoms with van der Waals surface area (Å²) in [5.41, 5.74) is 0.0116. The van der Waals surface area contributed by atoms with Gasteiger partial charge in [-0.15, -0.1) is 0 Å². The summed E-state index contributed by atoms with van der Waals surface area (Å²) in [5, 5.41) is 3.16. The van der Waals surface area contributed by atoms with Crippen LogP contribution in [0.3, 0.4) is 0 Å². The van der Waals surface area contributed by atoms with Gasteiger partial charge < -0.3 is 10.2 Å². The van der Waals surface area contributed by atoms with Crippen LogP contribution in [0.1, 0.15) is 12.5 Å². The van der Waals surface area contributed by atoms with E-state index in [4.69, 9.17) is 0 Å². The molecule has 0 spiro atoms. The molecular weight excluding hydrogens is 309 g/mol. The lowest BCUT2D eigenvalue weighted by Crippen LogP contribution is -2.29. The summed E-state index contributed by atoms with van der Waals surface area (Å²) in [6, 6.07) is 3.76. The van der Waals surface area contributed by atoms with Crippen molar-refractivity contribution in [3.05, 3.63) is 28.2 Å². The lowest BCUT2D eigenvalue weighted by Gasteiger charge is -2.20. The topological polar surface area (TPSA) is 15.3 Å². The van der Waals surface area contributed by atoms with Crippen molar-refractivity contribution in [1.82, 2.24) is 4.90 Å². The maximum Gasteiger partial charge on any atom is 0.416 e. The summed E-state index contributed by atoms with van der Waals surface area (Å²) in [5.74, 6) is 0. The maximum absolute atomic E-state index is 12.5. The molecule has 6 heteroatoms. The molecule has 1 aromatic rings. The molecule has 1 rings (SSSR count). The van der Waals surface area contributed by atoms with Crippen LogP contribution >= 0.6 is 15.9 Å². The highest BCUT2D eigenvalue weighted by atomic mass is 79.9. The average Bonchev–Trinajstić information content (AvgIpc) is 2.18.